The molecule has 0 spiro atoms. The van der Waals surface area contributed by atoms with Crippen LogP contribution in [0.2, 0.25) is 0 Å². The van der Waals surface area contributed by atoms with E-state index in [0.29, 0.717) is 5.92 Å². The van der Waals surface area contributed by atoms with E-state index in [-0.39, 0.29) is 0 Å². The first kappa shape index (κ1) is 13.3. The van der Waals surface area contributed by atoms with E-state index >= 15 is 0 Å². The van der Waals surface area contributed by atoms with E-state index in [0.717, 1.165) is 19.5 Å². The molecule has 1 aliphatic heterocycles. The summed E-state index contributed by atoms with van der Waals surface area (Å²) in [6.07, 6.45) is 5.46. The molecule has 20 heavy (non-hydrogen) atoms. The maximum atomic E-state index is 4.53. The Balaban J connectivity index is 1.75. The Morgan fingerprint density at radius 2 is 2.05 bits per heavy atom. The van der Waals surface area contributed by atoms with Gasteiger partial charge in [-0.1, -0.05) is 29.8 Å². The van der Waals surface area contributed by atoms with Gasteiger partial charge in [0.2, 0.25) is 0 Å². The fraction of sp³-hybridized carbons (Fsp3) is 0.389. The maximum absolute atomic E-state index is 4.53. The van der Waals surface area contributed by atoms with E-state index < -0.39 is 0 Å². The van der Waals surface area contributed by atoms with Gasteiger partial charge in [0.25, 0.3) is 0 Å². The van der Waals surface area contributed by atoms with E-state index in [1.807, 2.05) is 6.20 Å². The zero-order chi connectivity index (χ0) is 13.8. The lowest BCUT2D eigenvalue weighted by Gasteiger charge is -2.23. The van der Waals surface area contributed by atoms with Crippen LogP contribution >= 0.6 is 0 Å². The molecule has 0 aliphatic carbocycles. The van der Waals surface area contributed by atoms with Crippen molar-refractivity contribution in [3.63, 3.8) is 0 Å². The molecule has 1 saturated heterocycles. The molecule has 1 atom stereocenters. The molecule has 1 unspecified atom stereocenters. The predicted molar refractivity (Wildman–Crippen MR) is 83.1 cm³/mol. The summed E-state index contributed by atoms with van der Waals surface area (Å²) >= 11 is 0. The van der Waals surface area contributed by atoms with Gasteiger partial charge >= 0.3 is 0 Å². The highest BCUT2D eigenvalue weighted by Crippen LogP contribution is 2.23. The lowest BCUT2D eigenvalue weighted by molar-refractivity contribution is 0.461. The number of benzene rings is 1. The maximum Gasteiger partial charge on any atom is 0.0450 e. The van der Waals surface area contributed by atoms with Crippen LogP contribution in [0.25, 0.3) is 0 Å². The topological polar surface area (TPSA) is 24.9 Å². The molecule has 1 aromatic carbocycles. The molecule has 1 fully saturated rings. The first-order valence-electron chi connectivity index (χ1n) is 7.52. The summed E-state index contributed by atoms with van der Waals surface area (Å²) in [6.45, 7) is 4.39. The monoisotopic (exact) mass is 266 g/mol. The Morgan fingerprint density at radius 3 is 2.80 bits per heavy atom. The van der Waals surface area contributed by atoms with Gasteiger partial charge in [-0.2, -0.15) is 0 Å². The Hall–Kier alpha value is -1.67. The van der Waals surface area contributed by atoms with Crippen molar-refractivity contribution in [3.05, 3.63) is 65.0 Å². The lowest BCUT2D eigenvalue weighted by atomic mass is 9.91. The van der Waals surface area contributed by atoms with Crippen molar-refractivity contribution >= 4 is 0 Å². The quantitative estimate of drug-likeness (QED) is 0.920. The summed E-state index contributed by atoms with van der Waals surface area (Å²) < 4.78 is 0. The van der Waals surface area contributed by atoms with Gasteiger partial charge in [0.1, 0.15) is 0 Å². The van der Waals surface area contributed by atoms with Gasteiger partial charge < -0.3 is 5.32 Å². The number of aryl methyl sites for hydroxylation is 1. The van der Waals surface area contributed by atoms with Gasteiger partial charge in [0.05, 0.1) is 0 Å². The third kappa shape index (κ3) is 3.26. The Kier molecular flexibility index (Phi) is 4.12. The fourth-order valence-corrected chi connectivity index (χ4v) is 2.90. The molecule has 3 rings (SSSR count). The molecule has 2 aromatic rings. The molecule has 0 bridgehead atoms. The van der Waals surface area contributed by atoms with Crippen LogP contribution in [0.5, 0.6) is 0 Å². The smallest absolute Gasteiger partial charge is 0.0450 e. The SMILES string of the molecule is Cc1ccc(Cc2cc(C3CCCNC3)ccn2)cc1. The van der Waals surface area contributed by atoms with Crippen molar-refractivity contribution in [3.8, 4) is 0 Å². The first-order valence-corrected chi connectivity index (χ1v) is 7.52. The van der Waals surface area contributed by atoms with E-state index in [9.17, 15) is 0 Å². The summed E-state index contributed by atoms with van der Waals surface area (Å²) in [5, 5.41) is 3.49. The molecular formula is C18H22N2. The number of aromatic nitrogens is 1. The van der Waals surface area contributed by atoms with E-state index in [2.05, 4.69) is 53.6 Å². The molecule has 0 saturated carbocycles. The van der Waals surface area contributed by atoms with Gasteiger partial charge in [-0.3, -0.25) is 4.98 Å². The van der Waals surface area contributed by atoms with Crippen LogP contribution in [-0.2, 0) is 6.42 Å². The second-order valence-electron chi connectivity index (χ2n) is 5.79. The van der Waals surface area contributed by atoms with Gasteiger partial charge in [0, 0.05) is 24.9 Å². The molecule has 1 aromatic heterocycles. The predicted octanol–water partition coefficient (Wildman–Crippen LogP) is 3.45. The highest BCUT2D eigenvalue weighted by Gasteiger charge is 2.15. The lowest BCUT2D eigenvalue weighted by Crippen LogP contribution is -2.28. The Bertz CT molecular complexity index is 554. The van der Waals surface area contributed by atoms with E-state index in [1.54, 1.807) is 0 Å². The molecule has 2 heterocycles. The third-order valence-corrected chi connectivity index (χ3v) is 4.11. The minimum absolute atomic E-state index is 0.656. The molecule has 104 valence electrons. The standard InChI is InChI=1S/C18H22N2/c1-14-4-6-15(7-5-14)11-18-12-16(8-10-20-18)17-3-2-9-19-13-17/h4-8,10,12,17,19H,2-3,9,11,13H2,1H3. The van der Waals surface area contributed by atoms with Crippen molar-refractivity contribution in [2.24, 2.45) is 0 Å². The van der Waals surface area contributed by atoms with Gasteiger partial charge in [-0.15, -0.1) is 0 Å². The minimum Gasteiger partial charge on any atom is -0.316 e. The van der Waals surface area contributed by atoms with E-state index in [4.69, 9.17) is 0 Å². The third-order valence-electron chi connectivity index (χ3n) is 4.11. The van der Waals surface area contributed by atoms with Crippen molar-refractivity contribution in [1.82, 2.24) is 10.3 Å². The van der Waals surface area contributed by atoms with Crippen molar-refractivity contribution in [1.29, 1.82) is 0 Å². The van der Waals surface area contributed by atoms with Gasteiger partial charge in [-0.25, -0.2) is 0 Å². The number of piperidine rings is 1. The van der Waals surface area contributed by atoms with Crippen LogP contribution in [0.1, 0.15) is 41.1 Å². The second kappa shape index (κ2) is 6.19. The molecule has 2 nitrogen and oxygen atoms in total. The van der Waals surface area contributed by atoms with Crippen molar-refractivity contribution < 1.29 is 0 Å². The van der Waals surface area contributed by atoms with Gasteiger partial charge in [-0.05, 0) is 55.5 Å². The number of nitrogens with zero attached hydrogens (tertiary/aromatic N) is 1. The summed E-state index contributed by atoms with van der Waals surface area (Å²) in [4.78, 5) is 4.53. The highest BCUT2D eigenvalue weighted by atomic mass is 14.9. The number of hydrogen-bond donors (Lipinski definition) is 1. The molecule has 1 aliphatic rings. The number of hydrogen-bond acceptors (Lipinski definition) is 2. The Morgan fingerprint density at radius 1 is 1.20 bits per heavy atom. The van der Waals surface area contributed by atoms with Crippen LogP contribution in [0.15, 0.2) is 42.6 Å². The van der Waals surface area contributed by atoms with Crippen LogP contribution in [0.4, 0.5) is 0 Å². The Labute approximate surface area is 121 Å². The van der Waals surface area contributed by atoms with Crippen LogP contribution in [-0.4, -0.2) is 18.1 Å². The van der Waals surface area contributed by atoms with Crippen LogP contribution < -0.4 is 5.32 Å². The second-order valence-corrected chi connectivity index (χ2v) is 5.79. The summed E-state index contributed by atoms with van der Waals surface area (Å²) in [5.74, 6) is 0.656. The summed E-state index contributed by atoms with van der Waals surface area (Å²) in [5.41, 5.74) is 5.26. The number of pyridine rings is 1. The van der Waals surface area contributed by atoms with Crippen molar-refractivity contribution in [2.75, 3.05) is 13.1 Å². The summed E-state index contributed by atoms with van der Waals surface area (Å²) in [7, 11) is 0. The number of nitrogens with one attached hydrogen (secondary N) is 1. The largest absolute Gasteiger partial charge is 0.316 e. The average Bonchev–Trinajstić information content (AvgIpc) is 2.51. The molecule has 2 heteroatoms. The molecule has 0 amide bonds. The van der Waals surface area contributed by atoms with Crippen molar-refractivity contribution in [2.45, 2.75) is 32.1 Å². The zero-order valence-electron chi connectivity index (χ0n) is 12.1. The zero-order valence-corrected chi connectivity index (χ0v) is 12.1. The highest BCUT2D eigenvalue weighted by molar-refractivity contribution is 5.28. The molecular weight excluding hydrogens is 244 g/mol. The van der Waals surface area contributed by atoms with Gasteiger partial charge in [0.15, 0.2) is 0 Å². The van der Waals surface area contributed by atoms with E-state index in [1.165, 1.54) is 35.2 Å². The normalized spacial score (nSPS) is 18.9. The molecule has 0 radical (unpaired) electrons. The minimum atomic E-state index is 0.656. The first-order chi connectivity index (χ1) is 9.81. The fourth-order valence-electron chi connectivity index (χ4n) is 2.90. The average molecular weight is 266 g/mol. The van der Waals surface area contributed by atoms with Crippen LogP contribution in [0, 0.1) is 6.92 Å². The summed E-state index contributed by atoms with van der Waals surface area (Å²) in [6, 6.07) is 13.2. The molecule has 1 N–H and O–H groups in total. The number of rotatable bonds is 3. The van der Waals surface area contributed by atoms with Crippen LogP contribution in [0.3, 0.4) is 0 Å².